The van der Waals surface area contributed by atoms with Gasteiger partial charge in [-0.2, -0.15) is 0 Å². The molecule has 2 heteroatoms. The van der Waals surface area contributed by atoms with Gasteiger partial charge >= 0.3 is 0 Å². The molecule has 1 N–H and O–H groups in total. The average Bonchev–Trinajstić information content (AvgIpc) is 2.65. The predicted octanol–water partition coefficient (Wildman–Crippen LogP) is 1.80. The minimum absolute atomic E-state index is 0.296. The van der Waals surface area contributed by atoms with Gasteiger partial charge in [0.25, 0.3) is 0 Å². The molecule has 0 aromatic carbocycles. The van der Waals surface area contributed by atoms with Crippen LogP contribution < -0.4 is 5.32 Å². The predicted molar refractivity (Wildman–Crippen MR) is 54.6 cm³/mol. The van der Waals surface area contributed by atoms with E-state index in [4.69, 9.17) is 0 Å². The molecule has 1 heterocycles. The molecular formula is C12H19NO. The van der Waals surface area contributed by atoms with E-state index in [0.717, 1.165) is 18.3 Å². The summed E-state index contributed by atoms with van der Waals surface area (Å²) in [5.74, 6) is 3.24. The number of carbonyl (C=O) groups excluding carboxylic acids is 1. The Morgan fingerprint density at radius 2 is 2.00 bits per heavy atom. The minimum Gasteiger partial charge on any atom is -0.353 e. The van der Waals surface area contributed by atoms with E-state index >= 15 is 0 Å². The van der Waals surface area contributed by atoms with Crippen LogP contribution in [0.2, 0.25) is 0 Å². The summed E-state index contributed by atoms with van der Waals surface area (Å²) in [6.07, 6.45) is 2.03. The quantitative estimate of drug-likeness (QED) is 0.624. The fourth-order valence-electron chi connectivity index (χ4n) is 4.45. The molecule has 5 unspecified atom stereocenters. The van der Waals surface area contributed by atoms with Crippen LogP contribution >= 0.6 is 0 Å². The number of hydrogen-bond donors (Lipinski definition) is 1. The SMILES string of the molecule is CC1C2CC(=O)NC3CC12C(C)[C@H]3C. The van der Waals surface area contributed by atoms with Crippen molar-refractivity contribution in [2.45, 2.75) is 39.7 Å². The standard InChI is InChI=1S/C12H19NO/c1-6-7(2)12-5-10(6)13-11(14)4-9(12)8(12)3/h6-10H,4-5H2,1-3H3,(H,13,14)/t6-,7?,8?,9?,10?,12?/m1/s1. The zero-order valence-corrected chi connectivity index (χ0v) is 9.21. The van der Waals surface area contributed by atoms with Gasteiger partial charge in [-0.3, -0.25) is 4.79 Å². The van der Waals surface area contributed by atoms with Crippen molar-refractivity contribution >= 4 is 5.91 Å². The van der Waals surface area contributed by atoms with Crippen LogP contribution in [0.5, 0.6) is 0 Å². The molecule has 78 valence electrons. The van der Waals surface area contributed by atoms with Gasteiger partial charge in [0.15, 0.2) is 0 Å². The summed E-state index contributed by atoms with van der Waals surface area (Å²) in [5, 5.41) is 3.19. The molecule has 1 aliphatic heterocycles. The highest BCUT2D eigenvalue weighted by Gasteiger charge is 2.70. The largest absolute Gasteiger partial charge is 0.353 e. The van der Waals surface area contributed by atoms with E-state index in [2.05, 4.69) is 26.1 Å². The lowest BCUT2D eigenvalue weighted by Crippen LogP contribution is -2.37. The number of amides is 1. The molecule has 1 spiro atoms. The highest BCUT2D eigenvalue weighted by atomic mass is 16.1. The van der Waals surface area contributed by atoms with Crippen LogP contribution in [0.25, 0.3) is 0 Å². The lowest BCUT2D eigenvalue weighted by Gasteiger charge is -2.22. The van der Waals surface area contributed by atoms with E-state index < -0.39 is 0 Å². The number of rotatable bonds is 0. The van der Waals surface area contributed by atoms with E-state index in [9.17, 15) is 4.79 Å². The summed E-state index contributed by atoms with van der Waals surface area (Å²) < 4.78 is 0. The first-order chi connectivity index (χ1) is 6.57. The Morgan fingerprint density at radius 1 is 1.29 bits per heavy atom. The van der Waals surface area contributed by atoms with Gasteiger partial charge in [-0.15, -0.1) is 0 Å². The molecule has 2 bridgehead atoms. The van der Waals surface area contributed by atoms with Gasteiger partial charge in [-0.1, -0.05) is 20.8 Å². The third-order valence-corrected chi connectivity index (χ3v) is 5.63. The smallest absolute Gasteiger partial charge is 0.220 e. The molecule has 0 aromatic rings. The first-order valence-electron chi connectivity index (χ1n) is 5.86. The summed E-state index contributed by atoms with van der Waals surface area (Å²) in [4.78, 5) is 11.6. The van der Waals surface area contributed by atoms with Crippen LogP contribution in [-0.4, -0.2) is 11.9 Å². The van der Waals surface area contributed by atoms with E-state index in [-0.39, 0.29) is 0 Å². The topological polar surface area (TPSA) is 29.1 Å². The first kappa shape index (κ1) is 8.75. The van der Waals surface area contributed by atoms with Crippen LogP contribution in [0.3, 0.4) is 0 Å². The van der Waals surface area contributed by atoms with E-state index in [1.165, 1.54) is 6.42 Å². The third kappa shape index (κ3) is 0.768. The van der Waals surface area contributed by atoms with Gasteiger partial charge in [0.2, 0.25) is 5.91 Å². The summed E-state index contributed by atoms with van der Waals surface area (Å²) in [6.45, 7) is 7.03. The lowest BCUT2D eigenvalue weighted by molar-refractivity contribution is -0.122. The van der Waals surface area contributed by atoms with Gasteiger partial charge in [-0.05, 0) is 35.5 Å². The van der Waals surface area contributed by atoms with Crippen LogP contribution in [0.4, 0.5) is 0 Å². The molecular weight excluding hydrogens is 174 g/mol. The number of carbonyl (C=O) groups is 1. The Hall–Kier alpha value is -0.530. The first-order valence-corrected chi connectivity index (χ1v) is 5.86. The van der Waals surface area contributed by atoms with E-state index in [1.807, 2.05) is 0 Å². The fourth-order valence-corrected chi connectivity index (χ4v) is 4.45. The molecule has 2 aliphatic carbocycles. The molecule has 2 saturated carbocycles. The summed E-state index contributed by atoms with van der Waals surface area (Å²) in [7, 11) is 0. The molecule has 14 heavy (non-hydrogen) atoms. The Labute approximate surface area is 85.4 Å². The highest BCUT2D eigenvalue weighted by Crippen LogP contribution is 2.72. The van der Waals surface area contributed by atoms with Crippen LogP contribution in [-0.2, 0) is 4.79 Å². The second-order valence-corrected chi connectivity index (χ2v) is 5.74. The van der Waals surface area contributed by atoms with Crippen LogP contribution in [0.1, 0.15) is 33.6 Å². The van der Waals surface area contributed by atoms with Crippen molar-refractivity contribution in [2.75, 3.05) is 0 Å². The molecule has 1 saturated heterocycles. The van der Waals surface area contributed by atoms with E-state index in [1.54, 1.807) is 0 Å². The van der Waals surface area contributed by atoms with Gasteiger partial charge < -0.3 is 5.32 Å². The maximum Gasteiger partial charge on any atom is 0.220 e. The molecule has 3 rings (SSSR count). The van der Waals surface area contributed by atoms with Crippen molar-refractivity contribution in [3.05, 3.63) is 0 Å². The molecule has 0 aromatic heterocycles. The highest BCUT2D eigenvalue weighted by molar-refractivity contribution is 5.78. The second kappa shape index (κ2) is 2.34. The molecule has 0 radical (unpaired) electrons. The molecule has 1 amide bonds. The van der Waals surface area contributed by atoms with Gasteiger partial charge in [0, 0.05) is 12.5 Å². The van der Waals surface area contributed by atoms with Crippen molar-refractivity contribution in [3.8, 4) is 0 Å². The second-order valence-electron chi connectivity index (χ2n) is 5.74. The Morgan fingerprint density at radius 3 is 2.71 bits per heavy atom. The van der Waals surface area contributed by atoms with Crippen molar-refractivity contribution in [1.29, 1.82) is 0 Å². The van der Waals surface area contributed by atoms with Gasteiger partial charge in [-0.25, -0.2) is 0 Å². The monoisotopic (exact) mass is 193 g/mol. The fraction of sp³-hybridized carbons (Fsp3) is 0.917. The zero-order valence-electron chi connectivity index (χ0n) is 9.21. The van der Waals surface area contributed by atoms with Gasteiger partial charge in [0.05, 0.1) is 0 Å². The Balaban J connectivity index is 1.99. The maximum absolute atomic E-state index is 11.6. The maximum atomic E-state index is 11.6. The van der Waals surface area contributed by atoms with Crippen molar-refractivity contribution in [1.82, 2.24) is 5.32 Å². The Bertz CT molecular complexity index is 295. The van der Waals surface area contributed by atoms with Crippen LogP contribution in [0.15, 0.2) is 0 Å². The van der Waals surface area contributed by atoms with E-state index in [0.29, 0.717) is 29.2 Å². The lowest BCUT2D eigenvalue weighted by atomic mass is 9.85. The minimum atomic E-state index is 0.296. The van der Waals surface area contributed by atoms with Crippen LogP contribution in [0, 0.1) is 29.1 Å². The van der Waals surface area contributed by atoms with Crippen molar-refractivity contribution in [3.63, 3.8) is 0 Å². The Kier molecular flexibility index (Phi) is 1.46. The molecule has 3 fully saturated rings. The summed E-state index contributed by atoms with van der Waals surface area (Å²) in [6, 6.07) is 0.465. The third-order valence-electron chi connectivity index (χ3n) is 5.63. The number of nitrogens with one attached hydrogen (secondary N) is 1. The molecule has 3 aliphatic rings. The molecule has 2 nitrogen and oxygen atoms in total. The summed E-state index contributed by atoms with van der Waals surface area (Å²) in [5.41, 5.74) is 0.531. The average molecular weight is 193 g/mol. The van der Waals surface area contributed by atoms with Gasteiger partial charge in [0.1, 0.15) is 0 Å². The number of fused-ring (bicyclic) bond motifs is 1. The van der Waals surface area contributed by atoms with Crippen molar-refractivity contribution < 1.29 is 4.79 Å². The van der Waals surface area contributed by atoms with Crippen molar-refractivity contribution in [2.24, 2.45) is 29.1 Å². The summed E-state index contributed by atoms with van der Waals surface area (Å²) >= 11 is 0. The number of hydrogen-bond acceptors (Lipinski definition) is 1. The zero-order chi connectivity index (χ0) is 10.1. The normalized spacial score (nSPS) is 60.2. The molecule has 6 atom stereocenters.